The first kappa shape index (κ1) is 15.8. The van der Waals surface area contributed by atoms with Crippen LogP contribution in [0.4, 0.5) is 5.69 Å². The summed E-state index contributed by atoms with van der Waals surface area (Å²) >= 11 is 2.23. The number of rotatable bonds is 4. The van der Waals surface area contributed by atoms with Crippen LogP contribution in [0, 0.1) is 17.4 Å². The lowest BCUT2D eigenvalue weighted by atomic mass is 10.1. The van der Waals surface area contributed by atoms with Gasteiger partial charge in [0.1, 0.15) is 5.75 Å². The minimum atomic E-state index is -0.552. The van der Waals surface area contributed by atoms with Gasteiger partial charge in [0.05, 0.1) is 0 Å². The van der Waals surface area contributed by atoms with Crippen LogP contribution < -0.4 is 10.1 Å². The first-order chi connectivity index (χ1) is 9.97. The Kier molecular flexibility index (Phi) is 5.22. The fraction of sp³-hybridized carbons (Fsp3) is 0.235. The summed E-state index contributed by atoms with van der Waals surface area (Å²) in [5, 5.41) is 2.86. The number of carbonyl (C=O) groups excluding carboxylic acids is 1. The van der Waals surface area contributed by atoms with Gasteiger partial charge in [-0.1, -0.05) is 18.2 Å². The van der Waals surface area contributed by atoms with E-state index in [-0.39, 0.29) is 5.91 Å². The van der Waals surface area contributed by atoms with Gasteiger partial charge in [-0.15, -0.1) is 0 Å². The van der Waals surface area contributed by atoms with Crippen molar-refractivity contribution in [3.05, 3.63) is 57.2 Å². The number of anilines is 1. The minimum absolute atomic E-state index is 0.154. The quantitative estimate of drug-likeness (QED) is 0.784. The van der Waals surface area contributed by atoms with Crippen molar-refractivity contribution < 1.29 is 9.53 Å². The van der Waals surface area contributed by atoms with Crippen LogP contribution in [0.2, 0.25) is 0 Å². The molecule has 0 spiro atoms. The third-order valence-electron chi connectivity index (χ3n) is 3.18. The Labute approximate surface area is 138 Å². The Hall–Kier alpha value is -1.56. The zero-order valence-electron chi connectivity index (χ0n) is 12.3. The molecule has 4 heteroatoms. The molecule has 0 aromatic heterocycles. The normalized spacial score (nSPS) is 11.8. The molecule has 0 bridgehead atoms. The molecule has 0 saturated heterocycles. The van der Waals surface area contributed by atoms with Crippen molar-refractivity contribution in [2.75, 3.05) is 5.32 Å². The van der Waals surface area contributed by atoms with Gasteiger partial charge in [0.2, 0.25) is 0 Å². The van der Waals surface area contributed by atoms with Crippen LogP contribution in [0.1, 0.15) is 18.1 Å². The first-order valence-corrected chi connectivity index (χ1v) is 7.84. The van der Waals surface area contributed by atoms with E-state index >= 15 is 0 Å². The molecule has 0 saturated carbocycles. The summed E-state index contributed by atoms with van der Waals surface area (Å²) in [5.41, 5.74) is 2.84. The van der Waals surface area contributed by atoms with Crippen LogP contribution in [0.15, 0.2) is 42.5 Å². The van der Waals surface area contributed by atoms with E-state index in [1.165, 1.54) is 0 Å². The fourth-order valence-electron chi connectivity index (χ4n) is 1.99. The summed E-state index contributed by atoms with van der Waals surface area (Å²) in [6, 6.07) is 13.6. The number of aryl methyl sites for hydroxylation is 2. The van der Waals surface area contributed by atoms with Crippen molar-refractivity contribution in [3.63, 3.8) is 0 Å². The smallest absolute Gasteiger partial charge is 0.265 e. The molecule has 21 heavy (non-hydrogen) atoms. The molecule has 2 aromatic carbocycles. The zero-order valence-corrected chi connectivity index (χ0v) is 14.5. The van der Waals surface area contributed by atoms with Gasteiger partial charge < -0.3 is 10.1 Å². The van der Waals surface area contributed by atoms with E-state index in [0.29, 0.717) is 0 Å². The highest BCUT2D eigenvalue weighted by Crippen LogP contribution is 2.23. The molecule has 1 amide bonds. The lowest BCUT2D eigenvalue weighted by Gasteiger charge is -2.18. The third kappa shape index (κ3) is 4.20. The van der Waals surface area contributed by atoms with E-state index in [1.54, 1.807) is 6.92 Å². The average molecular weight is 395 g/mol. The number of halogens is 1. The molecule has 0 unspecified atom stereocenters. The Balaban J connectivity index is 2.04. The molecule has 110 valence electrons. The van der Waals surface area contributed by atoms with Gasteiger partial charge in [-0.3, -0.25) is 4.79 Å². The van der Waals surface area contributed by atoms with E-state index < -0.39 is 6.10 Å². The first-order valence-electron chi connectivity index (χ1n) is 6.76. The van der Waals surface area contributed by atoms with Crippen molar-refractivity contribution in [1.29, 1.82) is 0 Å². The van der Waals surface area contributed by atoms with Crippen LogP contribution in [0.25, 0.3) is 0 Å². The number of amides is 1. The maximum absolute atomic E-state index is 12.2. The van der Waals surface area contributed by atoms with Crippen LogP contribution in [0.5, 0.6) is 5.75 Å². The molecule has 0 aliphatic carbocycles. The Morgan fingerprint density at radius 2 is 1.67 bits per heavy atom. The zero-order chi connectivity index (χ0) is 15.4. The number of para-hydroxylation sites is 1. The number of nitrogens with one attached hydrogen (secondary N) is 1. The molecule has 1 N–H and O–H groups in total. The van der Waals surface area contributed by atoms with Gasteiger partial charge in [-0.05, 0) is 78.8 Å². The predicted molar refractivity (Wildman–Crippen MR) is 93.8 cm³/mol. The molecule has 0 aliphatic rings. The summed E-state index contributed by atoms with van der Waals surface area (Å²) in [5.74, 6) is 0.627. The summed E-state index contributed by atoms with van der Waals surface area (Å²) in [4.78, 5) is 12.2. The molecule has 2 aromatic rings. The highest BCUT2D eigenvalue weighted by atomic mass is 127. The van der Waals surface area contributed by atoms with E-state index in [1.807, 2.05) is 56.3 Å². The van der Waals surface area contributed by atoms with Gasteiger partial charge in [0.15, 0.2) is 6.10 Å². The molecule has 1 atom stereocenters. The van der Waals surface area contributed by atoms with Crippen LogP contribution in [-0.2, 0) is 4.79 Å². The highest BCUT2D eigenvalue weighted by molar-refractivity contribution is 14.1. The van der Waals surface area contributed by atoms with E-state index in [9.17, 15) is 4.79 Å². The maximum Gasteiger partial charge on any atom is 0.265 e. The minimum Gasteiger partial charge on any atom is -0.480 e. The van der Waals surface area contributed by atoms with Gasteiger partial charge in [-0.25, -0.2) is 0 Å². The van der Waals surface area contributed by atoms with Gasteiger partial charge >= 0.3 is 0 Å². The summed E-state index contributed by atoms with van der Waals surface area (Å²) in [7, 11) is 0. The standard InChI is InChI=1S/C17H18INO2/c1-11-5-4-6-12(2)16(11)21-13(3)17(20)19-15-9-7-14(18)8-10-15/h4-10,13H,1-3H3,(H,19,20)/t13-/m0/s1. The maximum atomic E-state index is 12.2. The van der Waals surface area contributed by atoms with Crippen molar-refractivity contribution in [3.8, 4) is 5.75 Å². The number of hydrogen-bond acceptors (Lipinski definition) is 2. The SMILES string of the molecule is Cc1cccc(C)c1O[C@@H](C)C(=O)Nc1ccc(I)cc1. The monoisotopic (exact) mass is 395 g/mol. The van der Waals surface area contributed by atoms with E-state index in [4.69, 9.17) is 4.74 Å². The predicted octanol–water partition coefficient (Wildman–Crippen LogP) is 4.31. The molecular weight excluding hydrogens is 377 g/mol. The van der Waals surface area contributed by atoms with Crippen LogP contribution in [-0.4, -0.2) is 12.0 Å². The van der Waals surface area contributed by atoms with Crippen molar-refractivity contribution in [1.82, 2.24) is 0 Å². The molecule has 0 aliphatic heterocycles. The summed E-state index contributed by atoms with van der Waals surface area (Å²) in [6.07, 6.45) is -0.552. The molecule has 3 nitrogen and oxygen atoms in total. The number of carbonyl (C=O) groups is 1. The molecule has 0 fully saturated rings. The average Bonchev–Trinajstić information content (AvgIpc) is 2.45. The fourth-order valence-corrected chi connectivity index (χ4v) is 2.35. The van der Waals surface area contributed by atoms with Crippen molar-refractivity contribution >= 4 is 34.2 Å². The lowest BCUT2D eigenvalue weighted by molar-refractivity contribution is -0.122. The number of ether oxygens (including phenoxy) is 1. The molecular formula is C17H18INO2. The van der Waals surface area contributed by atoms with Crippen LogP contribution in [0.3, 0.4) is 0 Å². The Bertz CT molecular complexity index is 617. The van der Waals surface area contributed by atoms with Gasteiger partial charge in [-0.2, -0.15) is 0 Å². The highest BCUT2D eigenvalue weighted by Gasteiger charge is 2.16. The number of benzene rings is 2. The third-order valence-corrected chi connectivity index (χ3v) is 3.90. The topological polar surface area (TPSA) is 38.3 Å². The Morgan fingerprint density at radius 1 is 1.10 bits per heavy atom. The largest absolute Gasteiger partial charge is 0.480 e. The second-order valence-electron chi connectivity index (χ2n) is 4.98. The van der Waals surface area contributed by atoms with Gasteiger partial charge in [0.25, 0.3) is 5.91 Å². The van der Waals surface area contributed by atoms with E-state index in [0.717, 1.165) is 26.1 Å². The van der Waals surface area contributed by atoms with Crippen LogP contribution >= 0.6 is 22.6 Å². The van der Waals surface area contributed by atoms with E-state index in [2.05, 4.69) is 27.9 Å². The second kappa shape index (κ2) is 6.93. The molecule has 0 radical (unpaired) electrons. The summed E-state index contributed by atoms with van der Waals surface area (Å²) in [6.45, 7) is 5.71. The lowest BCUT2D eigenvalue weighted by Crippen LogP contribution is -2.30. The second-order valence-corrected chi connectivity index (χ2v) is 6.22. The number of hydrogen-bond donors (Lipinski definition) is 1. The summed E-state index contributed by atoms with van der Waals surface area (Å²) < 4.78 is 6.95. The van der Waals surface area contributed by atoms with Crippen molar-refractivity contribution in [2.24, 2.45) is 0 Å². The molecule has 2 rings (SSSR count). The Morgan fingerprint density at radius 3 is 2.24 bits per heavy atom. The van der Waals surface area contributed by atoms with Gasteiger partial charge in [0, 0.05) is 9.26 Å². The van der Waals surface area contributed by atoms with Crippen molar-refractivity contribution in [2.45, 2.75) is 26.9 Å². The molecule has 0 heterocycles.